The number of rotatable bonds is 3. The maximum absolute atomic E-state index is 12.9. The van der Waals surface area contributed by atoms with Gasteiger partial charge in [-0.2, -0.15) is 0 Å². The molecule has 0 amide bonds. The van der Waals surface area contributed by atoms with Gasteiger partial charge in [-0.25, -0.2) is 4.39 Å². The largest absolute Gasteiger partial charge is 0.381 e. The molecule has 72 valence electrons. The Kier molecular flexibility index (Phi) is 3.51. The van der Waals surface area contributed by atoms with E-state index in [1.165, 1.54) is 12.1 Å². The van der Waals surface area contributed by atoms with Gasteiger partial charge in [0.1, 0.15) is 5.82 Å². The van der Waals surface area contributed by atoms with Gasteiger partial charge >= 0.3 is 0 Å². The summed E-state index contributed by atoms with van der Waals surface area (Å²) in [5.74, 6) is -0.420. The fourth-order valence-corrected chi connectivity index (χ4v) is 1.05. The molecule has 0 saturated carbocycles. The summed E-state index contributed by atoms with van der Waals surface area (Å²) in [5, 5.41) is 3.17. The first-order valence-corrected chi connectivity index (χ1v) is 4.43. The van der Waals surface area contributed by atoms with E-state index in [1.807, 2.05) is 6.92 Å². The van der Waals surface area contributed by atoms with Gasteiger partial charge in [0.25, 0.3) is 0 Å². The molecule has 2 nitrogen and oxygen atoms in total. The summed E-state index contributed by atoms with van der Waals surface area (Å²) in [6.07, 6.45) is 0. The van der Waals surface area contributed by atoms with Gasteiger partial charge < -0.3 is 11.1 Å². The average Bonchev–Trinajstić information content (AvgIpc) is 2.11. The van der Waals surface area contributed by atoms with E-state index < -0.39 is 5.82 Å². The molecular weight excluding hydrogens is 191 g/mol. The molecular formula is C9H12ClFN2. The first-order valence-electron chi connectivity index (χ1n) is 4.05. The highest BCUT2D eigenvalue weighted by Gasteiger charge is 2.02. The van der Waals surface area contributed by atoms with Crippen LogP contribution in [0.5, 0.6) is 0 Å². The summed E-state index contributed by atoms with van der Waals surface area (Å²) in [5.41, 5.74) is 6.10. The fraction of sp³-hybridized carbons (Fsp3) is 0.333. The van der Waals surface area contributed by atoms with Gasteiger partial charge in [-0.15, -0.1) is 0 Å². The summed E-state index contributed by atoms with van der Waals surface area (Å²) < 4.78 is 12.9. The zero-order valence-corrected chi connectivity index (χ0v) is 8.11. The minimum absolute atomic E-state index is 0.126. The molecule has 1 unspecified atom stereocenters. The van der Waals surface area contributed by atoms with Crippen LogP contribution >= 0.6 is 11.6 Å². The van der Waals surface area contributed by atoms with Crippen molar-refractivity contribution in [2.75, 3.05) is 11.9 Å². The first kappa shape index (κ1) is 10.3. The Bertz CT molecular complexity index is 291. The first-order chi connectivity index (χ1) is 6.13. The summed E-state index contributed by atoms with van der Waals surface area (Å²) >= 11 is 5.52. The van der Waals surface area contributed by atoms with Gasteiger partial charge in [0.2, 0.25) is 0 Å². The van der Waals surface area contributed by atoms with Gasteiger partial charge in [-0.3, -0.25) is 0 Å². The lowest BCUT2D eigenvalue weighted by Gasteiger charge is -2.12. The monoisotopic (exact) mass is 202 g/mol. The highest BCUT2D eigenvalue weighted by Crippen LogP contribution is 2.18. The van der Waals surface area contributed by atoms with Crippen LogP contribution in [0.25, 0.3) is 0 Å². The summed E-state index contributed by atoms with van der Waals surface area (Å²) in [7, 11) is 0. The number of hydrogen-bond acceptors (Lipinski definition) is 2. The van der Waals surface area contributed by atoms with E-state index in [-0.39, 0.29) is 11.1 Å². The predicted octanol–water partition coefficient (Wildman–Crippen LogP) is 2.24. The Labute approximate surface area is 81.9 Å². The predicted molar refractivity (Wildman–Crippen MR) is 53.5 cm³/mol. The third-order valence-electron chi connectivity index (χ3n) is 1.69. The van der Waals surface area contributed by atoms with Crippen LogP contribution in [-0.4, -0.2) is 12.6 Å². The van der Waals surface area contributed by atoms with E-state index >= 15 is 0 Å². The van der Waals surface area contributed by atoms with Crippen LogP contribution in [0, 0.1) is 5.82 Å². The molecule has 1 aromatic rings. The SMILES string of the molecule is CC(CN)Nc1ccc(Cl)c(F)c1. The number of hydrogen-bond donors (Lipinski definition) is 2. The maximum atomic E-state index is 12.9. The van der Waals surface area contributed by atoms with E-state index in [2.05, 4.69) is 5.32 Å². The number of nitrogens with two attached hydrogens (primary N) is 1. The Hall–Kier alpha value is -0.800. The lowest BCUT2D eigenvalue weighted by molar-refractivity contribution is 0.628. The highest BCUT2D eigenvalue weighted by molar-refractivity contribution is 6.30. The number of anilines is 1. The molecule has 0 radical (unpaired) electrons. The van der Waals surface area contributed by atoms with Crippen molar-refractivity contribution in [3.05, 3.63) is 29.0 Å². The van der Waals surface area contributed by atoms with Crippen molar-refractivity contribution in [3.8, 4) is 0 Å². The molecule has 4 heteroatoms. The van der Waals surface area contributed by atoms with Gasteiger partial charge in [0.05, 0.1) is 5.02 Å². The van der Waals surface area contributed by atoms with Crippen molar-refractivity contribution in [1.82, 2.24) is 0 Å². The number of halogens is 2. The molecule has 0 heterocycles. The zero-order valence-electron chi connectivity index (χ0n) is 7.35. The van der Waals surface area contributed by atoms with Crippen LogP contribution < -0.4 is 11.1 Å². The molecule has 1 atom stereocenters. The van der Waals surface area contributed by atoms with Crippen LogP contribution in [-0.2, 0) is 0 Å². The second-order valence-corrected chi connectivity index (χ2v) is 3.32. The number of benzene rings is 1. The van der Waals surface area contributed by atoms with Crippen molar-refractivity contribution in [3.63, 3.8) is 0 Å². The standard InChI is InChI=1S/C9H12ClFN2/c1-6(5-12)13-7-2-3-8(10)9(11)4-7/h2-4,6,13H,5,12H2,1H3. The van der Waals surface area contributed by atoms with Crippen molar-refractivity contribution < 1.29 is 4.39 Å². The molecule has 0 fully saturated rings. The molecule has 0 saturated heterocycles. The topological polar surface area (TPSA) is 38.0 Å². The van der Waals surface area contributed by atoms with Crippen LogP contribution in [0.3, 0.4) is 0 Å². The molecule has 0 bridgehead atoms. The molecule has 0 aliphatic carbocycles. The molecule has 1 aromatic carbocycles. The smallest absolute Gasteiger partial charge is 0.143 e. The summed E-state index contributed by atoms with van der Waals surface area (Å²) in [6, 6.07) is 4.72. The summed E-state index contributed by atoms with van der Waals surface area (Å²) in [4.78, 5) is 0. The molecule has 13 heavy (non-hydrogen) atoms. The van der Waals surface area contributed by atoms with Gasteiger partial charge in [0, 0.05) is 18.3 Å². The maximum Gasteiger partial charge on any atom is 0.143 e. The molecule has 3 N–H and O–H groups in total. The zero-order chi connectivity index (χ0) is 9.84. The molecule has 0 aliphatic heterocycles. The van der Waals surface area contributed by atoms with Gasteiger partial charge in [-0.1, -0.05) is 11.6 Å². The highest BCUT2D eigenvalue weighted by atomic mass is 35.5. The third-order valence-corrected chi connectivity index (χ3v) is 1.99. The minimum Gasteiger partial charge on any atom is -0.381 e. The van der Waals surface area contributed by atoms with Crippen molar-refractivity contribution in [1.29, 1.82) is 0 Å². The lowest BCUT2D eigenvalue weighted by Crippen LogP contribution is -2.25. The van der Waals surface area contributed by atoms with E-state index in [4.69, 9.17) is 17.3 Å². The second-order valence-electron chi connectivity index (χ2n) is 2.91. The van der Waals surface area contributed by atoms with Gasteiger partial charge in [-0.05, 0) is 25.1 Å². The molecule has 0 aromatic heterocycles. The Morgan fingerprint density at radius 3 is 2.85 bits per heavy atom. The van der Waals surface area contributed by atoms with Crippen LogP contribution in [0.15, 0.2) is 18.2 Å². The number of nitrogens with one attached hydrogen (secondary N) is 1. The van der Waals surface area contributed by atoms with Crippen LogP contribution in [0.1, 0.15) is 6.92 Å². The Morgan fingerprint density at radius 2 is 2.31 bits per heavy atom. The van der Waals surface area contributed by atoms with Crippen molar-refractivity contribution in [2.45, 2.75) is 13.0 Å². The third kappa shape index (κ3) is 2.86. The minimum atomic E-state index is -0.420. The van der Waals surface area contributed by atoms with Gasteiger partial charge in [0.15, 0.2) is 0 Å². The van der Waals surface area contributed by atoms with E-state index in [0.29, 0.717) is 12.2 Å². The van der Waals surface area contributed by atoms with Crippen molar-refractivity contribution >= 4 is 17.3 Å². The van der Waals surface area contributed by atoms with Crippen LogP contribution in [0.2, 0.25) is 5.02 Å². The Morgan fingerprint density at radius 1 is 1.62 bits per heavy atom. The molecule has 0 aliphatic rings. The molecule has 0 spiro atoms. The van der Waals surface area contributed by atoms with Crippen LogP contribution in [0.4, 0.5) is 10.1 Å². The van der Waals surface area contributed by atoms with E-state index in [9.17, 15) is 4.39 Å². The van der Waals surface area contributed by atoms with E-state index in [0.717, 1.165) is 0 Å². The normalized spacial score (nSPS) is 12.6. The second kappa shape index (κ2) is 4.44. The molecule has 1 rings (SSSR count). The Balaban J connectivity index is 2.73. The quantitative estimate of drug-likeness (QED) is 0.789. The van der Waals surface area contributed by atoms with E-state index in [1.54, 1.807) is 6.07 Å². The average molecular weight is 203 g/mol. The summed E-state index contributed by atoms with van der Waals surface area (Å²) in [6.45, 7) is 2.43. The lowest BCUT2D eigenvalue weighted by atomic mass is 10.2. The fourth-order valence-electron chi connectivity index (χ4n) is 0.929. The van der Waals surface area contributed by atoms with Crippen molar-refractivity contribution in [2.24, 2.45) is 5.73 Å².